The van der Waals surface area contributed by atoms with E-state index in [-0.39, 0.29) is 58.9 Å². The van der Waals surface area contributed by atoms with Gasteiger partial charge in [-0.1, -0.05) is 0 Å². The van der Waals surface area contributed by atoms with E-state index in [0.29, 0.717) is 37.8 Å². The monoisotopic (exact) mass is 558 g/mol. The topological polar surface area (TPSA) is 117 Å². The minimum absolute atomic E-state index is 0.114. The van der Waals surface area contributed by atoms with Gasteiger partial charge in [0.1, 0.15) is 0 Å². The Morgan fingerprint density at radius 1 is 0.667 bits per heavy atom. The summed E-state index contributed by atoms with van der Waals surface area (Å²) in [4.78, 5) is 29.6. The van der Waals surface area contributed by atoms with Gasteiger partial charge in [0.15, 0.2) is 0 Å². The largest absolute Gasteiger partial charge is 0.378 e. The molecule has 10 nitrogen and oxygen atoms in total. The van der Waals surface area contributed by atoms with E-state index in [4.69, 9.17) is 9.47 Å². The fourth-order valence-electron chi connectivity index (χ4n) is 5.00. The van der Waals surface area contributed by atoms with Crippen LogP contribution in [0.2, 0.25) is 0 Å². The van der Waals surface area contributed by atoms with E-state index in [2.05, 4.69) is 20.4 Å². The van der Waals surface area contributed by atoms with Gasteiger partial charge in [-0.25, -0.2) is 8.42 Å². The molecule has 0 bridgehead atoms. The van der Waals surface area contributed by atoms with Gasteiger partial charge in [-0.05, 0) is 76.2 Å². The molecule has 0 saturated carbocycles. The Labute approximate surface area is 230 Å². The summed E-state index contributed by atoms with van der Waals surface area (Å²) in [5.41, 5.74) is 1.05. The summed E-state index contributed by atoms with van der Waals surface area (Å²) in [6, 6.07) is 12.8. The molecule has 2 aromatic carbocycles. The zero-order valence-electron chi connectivity index (χ0n) is 22.9. The lowest BCUT2D eigenvalue weighted by Gasteiger charge is -2.38. The van der Waals surface area contributed by atoms with Gasteiger partial charge in [0.2, 0.25) is 21.7 Å². The zero-order chi connectivity index (χ0) is 28.2. The fourth-order valence-corrected chi connectivity index (χ4v) is 6.26. The highest BCUT2D eigenvalue weighted by molar-refractivity contribution is 7.91. The Bertz CT molecular complexity index is 1140. The number of rotatable bonds is 8. The van der Waals surface area contributed by atoms with Crippen molar-refractivity contribution in [1.29, 1.82) is 0 Å². The van der Waals surface area contributed by atoms with E-state index < -0.39 is 9.84 Å². The van der Waals surface area contributed by atoms with E-state index in [9.17, 15) is 18.0 Å². The average Bonchev–Trinajstić information content (AvgIpc) is 2.89. The first kappa shape index (κ1) is 29.2. The van der Waals surface area contributed by atoms with E-state index in [0.717, 1.165) is 0 Å². The first-order valence-corrected chi connectivity index (χ1v) is 14.7. The van der Waals surface area contributed by atoms with Gasteiger partial charge in [-0.15, -0.1) is 0 Å². The molecule has 11 heteroatoms. The Morgan fingerprint density at radius 2 is 0.974 bits per heavy atom. The number of ether oxygens (including phenoxy) is 2. The van der Waals surface area contributed by atoms with Gasteiger partial charge in [0.25, 0.3) is 0 Å². The summed E-state index contributed by atoms with van der Waals surface area (Å²) >= 11 is 0. The predicted molar refractivity (Wildman–Crippen MR) is 148 cm³/mol. The third-order valence-corrected chi connectivity index (χ3v) is 9.04. The molecule has 2 heterocycles. The van der Waals surface area contributed by atoms with Crippen molar-refractivity contribution in [1.82, 2.24) is 9.80 Å². The van der Waals surface area contributed by atoms with Crippen LogP contribution in [0.1, 0.15) is 27.7 Å². The molecule has 39 heavy (non-hydrogen) atoms. The van der Waals surface area contributed by atoms with Gasteiger partial charge in [0, 0.05) is 35.5 Å². The lowest BCUT2D eigenvalue weighted by atomic mass is 10.1. The molecule has 2 aliphatic heterocycles. The predicted octanol–water partition coefficient (Wildman–Crippen LogP) is 2.61. The smallest absolute Gasteiger partial charge is 0.238 e. The minimum atomic E-state index is -3.77. The second-order valence-electron chi connectivity index (χ2n) is 10.5. The summed E-state index contributed by atoms with van der Waals surface area (Å²) < 4.78 is 37.3. The van der Waals surface area contributed by atoms with Crippen LogP contribution in [0.15, 0.2) is 58.3 Å². The number of sulfone groups is 1. The second-order valence-corrected chi connectivity index (χ2v) is 12.4. The molecule has 2 amide bonds. The summed E-state index contributed by atoms with van der Waals surface area (Å²) in [5, 5.41) is 5.68. The summed E-state index contributed by atoms with van der Waals surface area (Å²) in [7, 11) is -3.77. The molecule has 2 aliphatic rings. The van der Waals surface area contributed by atoms with Crippen molar-refractivity contribution in [2.24, 2.45) is 0 Å². The fraction of sp³-hybridized carbons (Fsp3) is 0.500. The third kappa shape index (κ3) is 7.23. The molecule has 2 saturated heterocycles. The highest BCUT2D eigenvalue weighted by Crippen LogP contribution is 2.24. The van der Waals surface area contributed by atoms with Crippen LogP contribution in [0.4, 0.5) is 11.4 Å². The Hall–Kier alpha value is -2.83. The molecule has 2 N–H and O–H groups in total. The maximum absolute atomic E-state index is 13.2. The highest BCUT2D eigenvalue weighted by atomic mass is 32.2. The van der Waals surface area contributed by atoms with Crippen molar-refractivity contribution in [3.05, 3.63) is 48.5 Å². The lowest BCUT2D eigenvalue weighted by molar-refractivity contribution is -0.122. The number of nitrogens with one attached hydrogen (secondary N) is 2. The molecular formula is C28H38N4O6S. The van der Waals surface area contributed by atoms with Crippen LogP contribution in [-0.2, 0) is 28.9 Å². The van der Waals surface area contributed by atoms with Gasteiger partial charge < -0.3 is 20.1 Å². The lowest BCUT2D eigenvalue weighted by Crippen LogP contribution is -2.52. The summed E-state index contributed by atoms with van der Waals surface area (Å²) in [6.45, 7) is 10.9. The number of carbonyl (C=O) groups excluding carboxylic acids is 2. The first-order chi connectivity index (χ1) is 18.5. The number of benzene rings is 2. The SMILES string of the molecule is C[C@@H]1COC[C@@H](C)N1CC(=O)Nc1ccc(S(=O)(=O)c2ccc(NC(=O)CN3[C@H](C)COC[C@@H]3C)cc2)cc1. The van der Waals surface area contributed by atoms with E-state index in [1.165, 1.54) is 24.3 Å². The molecule has 0 aromatic heterocycles. The number of carbonyl (C=O) groups is 2. The molecule has 2 aromatic rings. The van der Waals surface area contributed by atoms with E-state index >= 15 is 0 Å². The van der Waals surface area contributed by atoms with Crippen molar-refractivity contribution < 1.29 is 27.5 Å². The minimum Gasteiger partial charge on any atom is -0.378 e. The van der Waals surface area contributed by atoms with Crippen LogP contribution in [0.5, 0.6) is 0 Å². The summed E-state index contributed by atoms with van der Waals surface area (Å²) in [5.74, 6) is -0.331. The molecule has 4 rings (SSSR count). The standard InChI is InChI=1S/C28H38N4O6S/c1-19-15-37-16-20(2)31(19)13-27(33)29-23-5-9-25(10-6-23)39(35,36)26-11-7-24(8-12-26)30-28(34)14-32-21(3)17-38-18-22(32)4/h5-12,19-22H,13-18H2,1-4H3,(H,29,33)(H,30,34)/t19-,20-,21-,22+/m1/s1. The maximum atomic E-state index is 13.2. The molecule has 0 unspecified atom stereocenters. The summed E-state index contributed by atoms with van der Waals surface area (Å²) in [6.07, 6.45) is 0. The number of nitrogens with zero attached hydrogens (tertiary/aromatic N) is 2. The van der Waals surface area contributed by atoms with Crippen LogP contribution in [0, 0.1) is 0 Å². The van der Waals surface area contributed by atoms with Crippen LogP contribution in [-0.4, -0.2) is 93.7 Å². The zero-order valence-corrected chi connectivity index (χ0v) is 23.7. The van der Waals surface area contributed by atoms with Crippen LogP contribution in [0.3, 0.4) is 0 Å². The second kappa shape index (κ2) is 12.6. The molecule has 212 valence electrons. The number of hydrogen-bond donors (Lipinski definition) is 2. The van der Waals surface area contributed by atoms with Crippen molar-refractivity contribution >= 4 is 33.0 Å². The third-order valence-electron chi connectivity index (χ3n) is 7.25. The molecule has 0 spiro atoms. The maximum Gasteiger partial charge on any atom is 0.238 e. The Morgan fingerprint density at radius 3 is 1.28 bits per heavy atom. The Balaban J connectivity index is 1.34. The molecule has 2 fully saturated rings. The van der Waals surface area contributed by atoms with Crippen molar-refractivity contribution in [2.75, 3.05) is 50.2 Å². The van der Waals surface area contributed by atoms with Gasteiger partial charge in [0.05, 0.1) is 49.3 Å². The molecule has 4 atom stereocenters. The molecular weight excluding hydrogens is 520 g/mol. The first-order valence-electron chi connectivity index (χ1n) is 13.3. The molecule has 0 radical (unpaired) electrons. The van der Waals surface area contributed by atoms with Gasteiger partial charge >= 0.3 is 0 Å². The normalized spacial score (nSPS) is 24.7. The van der Waals surface area contributed by atoms with E-state index in [1.807, 2.05) is 27.7 Å². The number of hydrogen-bond acceptors (Lipinski definition) is 8. The van der Waals surface area contributed by atoms with Gasteiger partial charge in [-0.2, -0.15) is 0 Å². The average molecular weight is 559 g/mol. The van der Waals surface area contributed by atoms with Crippen molar-refractivity contribution in [3.8, 4) is 0 Å². The van der Waals surface area contributed by atoms with Crippen LogP contribution < -0.4 is 10.6 Å². The van der Waals surface area contributed by atoms with Crippen LogP contribution >= 0.6 is 0 Å². The van der Waals surface area contributed by atoms with Crippen molar-refractivity contribution in [3.63, 3.8) is 0 Å². The number of morpholine rings is 2. The van der Waals surface area contributed by atoms with Crippen LogP contribution in [0.25, 0.3) is 0 Å². The van der Waals surface area contributed by atoms with E-state index in [1.54, 1.807) is 24.3 Å². The number of anilines is 2. The van der Waals surface area contributed by atoms with Crippen molar-refractivity contribution in [2.45, 2.75) is 61.7 Å². The molecule has 0 aliphatic carbocycles. The number of amides is 2. The highest BCUT2D eigenvalue weighted by Gasteiger charge is 2.28. The quantitative estimate of drug-likeness (QED) is 0.508. The Kier molecular flexibility index (Phi) is 9.39. The van der Waals surface area contributed by atoms with Gasteiger partial charge in [-0.3, -0.25) is 19.4 Å².